The standard InChI is InChI=1S/C19H14O5/c1-24-14-4-2-3-12-15(14)19(23)16-13(17(12)21)8-9-7-10(20)5-6-11(9)18(16)22/h2-8,12,15,20,22H,1H3. The van der Waals surface area contributed by atoms with Crippen LogP contribution in [0.1, 0.15) is 20.7 Å². The summed E-state index contributed by atoms with van der Waals surface area (Å²) in [6.45, 7) is 0. The Kier molecular flexibility index (Phi) is 3.00. The maximum absolute atomic E-state index is 13.0. The van der Waals surface area contributed by atoms with Gasteiger partial charge in [0.25, 0.3) is 0 Å². The maximum atomic E-state index is 13.0. The minimum atomic E-state index is -0.750. The van der Waals surface area contributed by atoms with Gasteiger partial charge in [-0.15, -0.1) is 0 Å². The normalized spacial score (nSPS) is 22.1. The first kappa shape index (κ1) is 14.5. The lowest BCUT2D eigenvalue weighted by Gasteiger charge is -2.32. The number of rotatable bonds is 1. The first-order valence-corrected chi connectivity index (χ1v) is 7.52. The summed E-state index contributed by atoms with van der Waals surface area (Å²) in [7, 11) is 1.46. The van der Waals surface area contributed by atoms with Gasteiger partial charge in [-0.05, 0) is 35.7 Å². The fourth-order valence-corrected chi connectivity index (χ4v) is 3.54. The fraction of sp³-hybridized carbons (Fsp3) is 0.158. The summed E-state index contributed by atoms with van der Waals surface area (Å²) >= 11 is 0. The van der Waals surface area contributed by atoms with Crippen molar-refractivity contribution in [1.82, 2.24) is 0 Å². The lowest BCUT2D eigenvalue weighted by Crippen LogP contribution is -2.38. The minimum absolute atomic E-state index is 0.0245. The zero-order valence-electron chi connectivity index (χ0n) is 12.8. The van der Waals surface area contributed by atoms with Crippen LogP contribution in [0.25, 0.3) is 10.8 Å². The summed E-state index contributed by atoms with van der Waals surface area (Å²) < 4.78 is 5.26. The molecular formula is C19H14O5. The molecule has 0 spiro atoms. The van der Waals surface area contributed by atoms with Crippen molar-refractivity contribution < 1.29 is 24.5 Å². The van der Waals surface area contributed by atoms with Gasteiger partial charge >= 0.3 is 0 Å². The molecule has 0 amide bonds. The molecule has 0 radical (unpaired) electrons. The molecule has 2 N–H and O–H groups in total. The van der Waals surface area contributed by atoms with E-state index in [2.05, 4.69) is 0 Å². The number of hydrogen-bond donors (Lipinski definition) is 2. The van der Waals surface area contributed by atoms with Crippen molar-refractivity contribution in [2.75, 3.05) is 7.11 Å². The van der Waals surface area contributed by atoms with Gasteiger partial charge in [0.15, 0.2) is 11.6 Å². The van der Waals surface area contributed by atoms with E-state index in [1.807, 2.05) is 0 Å². The number of phenolic OH excluding ortho intramolecular Hbond substituents is 2. The van der Waals surface area contributed by atoms with Crippen molar-refractivity contribution in [2.24, 2.45) is 11.8 Å². The predicted molar refractivity (Wildman–Crippen MR) is 87.2 cm³/mol. The minimum Gasteiger partial charge on any atom is -0.508 e. The summed E-state index contributed by atoms with van der Waals surface area (Å²) in [6, 6.07) is 5.96. The van der Waals surface area contributed by atoms with Gasteiger partial charge in [0.2, 0.25) is 0 Å². The Bertz CT molecular complexity index is 967. The Morgan fingerprint density at radius 3 is 2.62 bits per heavy atom. The number of benzene rings is 2. The SMILES string of the molecule is COC1=CC=CC2C(=O)c3cc4cc(O)ccc4c(O)c3C(=O)C12. The number of methoxy groups -OCH3 is 1. The van der Waals surface area contributed by atoms with E-state index in [9.17, 15) is 19.8 Å². The molecule has 0 saturated carbocycles. The summed E-state index contributed by atoms with van der Waals surface area (Å²) in [4.78, 5) is 25.9. The second kappa shape index (κ2) is 4.96. The Morgan fingerprint density at radius 1 is 1.08 bits per heavy atom. The van der Waals surface area contributed by atoms with E-state index >= 15 is 0 Å². The smallest absolute Gasteiger partial charge is 0.179 e. The van der Waals surface area contributed by atoms with Gasteiger partial charge in [0.1, 0.15) is 17.3 Å². The summed E-state index contributed by atoms with van der Waals surface area (Å²) in [5.74, 6) is -1.76. The summed E-state index contributed by atoms with van der Waals surface area (Å²) in [5, 5.41) is 21.1. The van der Waals surface area contributed by atoms with Crippen molar-refractivity contribution in [1.29, 1.82) is 0 Å². The van der Waals surface area contributed by atoms with Crippen LogP contribution in [0.2, 0.25) is 0 Å². The molecule has 2 aromatic rings. The van der Waals surface area contributed by atoms with E-state index < -0.39 is 11.8 Å². The number of aromatic hydroxyl groups is 2. The van der Waals surface area contributed by atoms with Crippen LogP contribution in [-0.4, -0.2) is 28.9 Å². The van der Waals surface area contributed by atoms with Gasteiger partial charge < -0.3 is 14.9 Å². The van der Waals surface area contributed by atoms with Gasteiger partial charge in [0, 0.05) is 10.9 Å². The Labute approximate surface area is 137 Å². The molecule has 2 unspecified atom stereocenters. The Morgan fingerprint density at radius 2 is 1.88 bits per heavy atom. The van der Waals surface area contributed by atoms with E-state index in [1.165, 1.54) is 25.3 Å². The van der Waals surface area contributed by atoms with Crippen molar-refractivity contribution in [3.8, 4) is 11.5 Å². The lowest BCUT2D eigenvalue weighted by atomic mass is 9.70. The van der Waals surface area contributed by atoms with Crippen LogP contribution in [0.3, 0.4) is 0 Å². The monoisotopic (exact) mass is 322 g/mol. The predicted octanol–water partition coefficient (Wildman–Crippen LogP) is 2.96. The number of Topliss-reactive ketones (excluding diaryl/α,β-unsaturated/α-hetero) is 2. The number of phenols is 2. The van der Waals surface area contributed by atoms with Crippen LogP contribution in [0.5, 0.6) is 11.5 Å². The van der Waals surface area contributed by atoms with Gasteiger partial charge in [-0.25, -0.2) is 0 Å². The van der Waals surface area contributed by atoms with Crippen LogP contribution in [0.4, 0.5) is 0 Å². The van der Waals surface area contributed by atoms with Crippen molar-refractivity contribution in [3.63, 3.8) is 0 Å². The third-order valence-electron chi connectivity index (χ3n) is 4.67. The molecule has 2 aliphatic carbocycles. The average Bonchev–Trinajstić information content (AvgIpc) is 2.58. The van der Waals surface area contributed by atoms with Gasteiger partial charge in [-0.3, -0.25) is 9.59 Å². The molecule has 0 saturated heterocycles. The molecule has 5 nitrogen and oxygen atoms in total. The van der Waals surface area contributed by atoms with E-state index in [1.54, 1.807) is 24.3 Å². The van der Waals surface area contributed by atoms with Crippen LogP contribution in [0, 0.1) is 11.8 Å². The molecule has 4 rings (SSSR count). The number of fused-ring (bicyclic) bond motifs is 3. The van der Waals surface area contributed by atoms with Crippen molar-refractivity contribution in [3.05, 3.63) is 59.4 Å². The zero-order valence-corrected chi connectivity index (χ0v) is 12.8. The number of allylic oxidation sites excluding steroid dienone is 4. The summed E-state index contributed by atoms with van der Waals surface area (Å²) in [5.41, 5.74) is 0.205. The molecule has 2 atom stereocenters. The first-order valence-electron chi connectivity index (χ1n) is 7.52. The third-order valence-corrected chi connectivity index (χ3v) is 4.67. The molecule has 5 heteroatoms. The topological polar surface area (TPSA) is 83.8 Å². The lowest BCUT2D eigenvalue weighted by molar-refractivity contribution is 0.0738. The molecule has 2 aromatic carbocycles. The number of ether oxygens (including phenoxy) is 1. The van der Waals surface area contributed by atoms with E-state index in [0.29, 0.717) is 16.5 Å². The van der Waals surface area contributed by atoms with Crippen molar-refractivity contribution >= 4 is 22.3 Å². The highest BCUT2D eigenvalue weighted by Gasteiger charge is 2.45. The quantitative estimate of drug-likeness (QED) is 0.843. The van der Waals surface area contributed by atoms with Crippen LogP contribution in [-0.2, 0) is 4.74 Å². The van der Waals surface area contributed by atoms with Gasteiger partial charge in [-0.2, -0.15) is 0 Å². The van der Waals surface area contributed by atoms with Gasteiger partial charge in [-0.1, -0.05) is 12.2 Å². The van der Waals surface area contributed by atoms with Gasteiger partial charge in [0.05, 0.1) is 24.5 Å². The molecule has 0 aromatic heterocycles. The van der Waals surface area contributed by atoms with E-state index in [0.717, 1.165) is 0 Å². The molecule has 120 valence electrons. The third kappa shape index (κ3) is 1.81. The average molecular weight is 322 g/mol. The first-order chi connectivity index (χ1) is 11.5. The highest BCUT2D eigenvalue weighted by Crippen LogP contribution is 2.43. The molecule has 2 aliphatic rings. The van der Waals surface area contributed by atoms with E-state index in [4.69, 9.17) is 4.74 Å². The number of carbonyl (C=O) groups excluding carboxylic acids is 2. The number of carbonyl (C=O) groups is 2. The second-order valence-electron chi connectivity index (χ2n) is 5.94. The number of ketones is 2. The maximum Gasteiger partial charge on any atom is 0.179 e. The second-order valence-corrected chi connectivity index (χ2v) is 5.94. The molecule has 0 fully saturated rings. The Balaban J connectivity index is 2.02. The molecule has 0 bridgehead atoms. The molecular weight excluding hydrogens is 308 g/mol. The van der Waals surface area contributed by atoms with Crippen LogP contribution < -0.4 is 0 Å². The molecule has 24 heavy (non-hydrogen) atoms. The molecule has 0 heterocycles. The fourth-order valence-electron chi connectivity index (χ4n) is 3.54. The largest absolute Gasteiger partial charge is 0.508 e. The number of hydrogen-bond acceptors (Lipinski definition) is 5. The highest BCUT2D eigenvalue weighted by atomic mass is 16.5. The molecule has 0 aliphatic heterocycles. The Hall–Kier alpha value is -3.08. The van der Waals surface area contributed by atoms with Crippen molar-refractivity contribution in [2.45, 2.75) is 0 Å². The van der Waals surface area contributed by atoms with Crippen LogP contribution in [0.15, 0.2) is 48.3 Å². The summed E-state index contributed by atoms with van der Waals surface area (Å²) in [6.07, 6.45) is 5.04. The zero-order chi connectivity index (χ0) is 17.0. The van der Waals surface area contributed by atoms with Crippen LogP contribution >= 0.6 is 0 Å². The van der Waals surface area contributed by atoms with E-state index in [-0.39, 0.29) is 34.2 Å². The highest BCUT2D eigenvalue weighted by molar-refractivity contribution is 6.21.